The number of alkyl halides is 3. The predicted molar refractivity (Wildman–Crippen MR) is 115 cm³/mol. The molecule has 178 valence electrons. The van der Waals surface area contributed by atoms with Gasteiger partial charge in [-0.3, -0.25) is 9.10 Å². The second-order valence-electron chi connectivity index (χ2n) is 7.62. The van der Waals surface area contributed by atoms with Gasteiger partial charge in [0.25, 0.3) is 15.9 Å². The monoisotopic (exact) mass is 496 g/mol. The van der Waals surface area contributed by atoms with Gasteiger partial charge in [-0.25, -0.2) is 17.2 Å². The van der Waals surface area contributed by atoms with Crippen LogP contribution in [0.2, 0.25) is 0 Å². The first-order valence-corrected chi connectivity index (χ1v) is 11.5. The molecule has 3 aromatic rings. The Bertz CT molecular complexity index is 1360. The Balaban J connectivity index is 1.63. The van der Waals surface area contributed by atoms with Crippen LogP contribution in [0.5, 0.6) is 0 Å². The number of sulfonamides is 1. The quantitative estimate of drug-likeness (QED) is 0.494. The standard InChI is InChI=1S/C23H17F5N2O3S/c24-16-5-8-18(9-6-16)34(32,33)30-11-1-2-14-3-7-17(13-21(14)30)29-22(31)19-10-4-15(12-20(19)25)23(26,27)28/h3-10,12-13H,1-2,11H2,(H,29,31). The van der Waals surface area contributed by atoms with Gasteiger partial charge < -0.3 is 5.32 Å². The van der Waals surface area contributed by atoms with Crippen LogP contribution in [-0.4, -0.2) is 20.9 Å². The molecule has 11 heteroatoms. The summed E-state index contributed by atoms with van der Waals surface area (Å²) in [7, 11) is -4.03. The summed E-state index contributed by atoms with van der Waals surface area (Å²) in [5.74, 6) is -2.92. The third kappa shape index (κ3) is 4.60. The maximum Gasteiger partial charge on any atom is 0.416 e. The molecule has 3 aromatic carbocycles. The molecule has 5 nitrogen and oxygen atoms in total. The highest BCUT2D eigenvalue weighted by atomic mass is 32.2. The number of anilines is 2. The Hall–Kier alpha value is -3.47. The van der Waals surface area contributed by atoms with Gasteiger partial charge in [0.2, 0.25) is 0 Å². The number of rotatable bonds is 4. The lowest BCUT2D eigenvalue weighted by atomic mass is 10.0. The van der Waals surface area contributed by atoms with Crippen molar-refractivity contribution in [3.8, 4) is 0 Å². The van der Waals surface area contributed by atoms with E-state index < -0.39 is 44.9 Å². The molecular weight excluding hydrogens is 479 g/mol. The third-order valence-electron chi connectivity index (χ3n) is 5.36. The maximum absolute atomic E-state index is 14.2. The minimum absolute atomic E-state index is 0.108. The Morgan fingerprint density at radius 3 is 2.29 bits per heavy atom. The van der Waals surface area contributed by atoms with Gasteiger partial charge in [0, 0.05) is 12.2 Å². The van der Waals surface area contributed by atoms with E-state index in [1.165, 1.54) is 12.1 Å². The lowest BCUT2D eigenvalue weighted by Crippen LogP contribution is -2.35. The Labute approximate surface area is 191 Å². The fourth-order valence-electron chi connectivity index (χ4n) is 3.68. The number of nitrogens with zero attached hydrogens (tertiary/aromatic N) is 1. The van der Waals surface area contributed by atoms with Crippen LogP contribution in [0.4, 0.5) is 33.3 Å². The number of amides is 1. The van der Waals surface area contributed by atoms with Crippen LogP contribution in [0.3, 0.4) is 0 Å². The summed E-state index contributed by atoms with van der Waals surface area (Å²) in [6.45, 7) is 0.150. The zero-order valence-electron chi connectivity index (χ0n) is 17.4. The molecule has 0 saturated heterocycles. The molecule has 1 amide bonds. The topological polar surface area (TPSA) is 66.5 Å². The van der Waals surface area contributed by atoms with E-state index in [0.29, 0.717) is 30.2 Å². The smallest absolute Gasteiger partial charge is 0.322 e. The van der Waals surface area contributed by atoms with Gasteiger partial charge in [0.15, 0.2) is 0 Å². The van der Waals surface area contributed by atoms with Crippen molar-refractivity contribution >= 4 is 27.3 Å². The van der Waals surface area contributed by atoms with Gasteiger partial charge in [-0.1, -0.05) is 6.07 Å². The zero-order valence-corrected chi connectivity index (χ0v) is 18.2. The van der Waals surface area contributed by atoms with Crippen LogP contribution in [0, 0.1) is 11.6 Å². The Kier molecular flexibility index (Phi) is 6.07. The predicted octanol–water partition coefficient (Wildman–Crippen LogP) is 5.38. The minimum Gasteiger partial charge on any atom is -0.322 e. The molecule has 4 rings (SSSR count). The highest BCUT2D eigenvalue weighted by Crippen LogP contribution is 2.35. The highest BCUT2D eigenvalue weighted by Gasteiger charge is 2.32. The summed E-state index contributed by atoms with van der Waals surface area (Å²) < 4.78 is 93.1. The van der Waals surface area contributed by atoms with Crippen LogP contribution in [0.1, 0.15) is 27.9 Å². The summed E-state index contributed by atoms with van der Waals surface area (Å²) in [5, 5.41) is 2.40. The second-order valence-corrected chi connectivity index (χ2v) is 9.49. The number of benzene rings is 3. The third-order valence-corrected chi connectivity index (χ3v) is 7.19. The first kappa shape index (κ1) is 23.7. The number of halogens is 5. The van der Waals surface area contributed by atoms with Crippen LogP contribution >= 0.6 is 0 Å². The first-order valence-electron chi connectivity index (χ1n) is 10.1. The van der Waals surface area contributed by atoms with Crippen LogP contribution in [0.25, 0.3) is 0 Å². The summed E-state index contributed by atoms with van der Waals surface area (Å²) in [5.41, 5.74) is -0.709. The molecule has 0 bridgehead atoms. The molecule has 1 aliphatic rings. The molecule has 0 aromatic heterocycles. The molecule has 1 heterocycles. The number of carbonyl (C=O) groups excluding carboxylic acids is 1. The second kappa shape index (κ2) is 8.71. The molecule has 0 aliphatic carbocycles. The lowest BCUT2D eigenvalue weighted by Gasteiger charge is -2.31. The number of nitrogens with one attached hydrogen (secondary N) is 1. The molecule has 0 radical (unpaired) electrons. The first-order chi connectivity index (χ1) is 16.0. The summed E-state index contributed by atoms with van der Waals surface area (Å²) >= 11 is 0. The Morgan fingerprint density at radius 2 is 1.65 bits per heavy atom. The summed E-state index contributed by atoms with van der Waals surface area (Å²) in [4.78, 5) is 12.4. The van der Waals surface area contributed by atoms with Gasteiger partial charge in [-0.15, -0.1) is 0 Å². The lowest BCUT2D eigenvalue weighted by molar-refractivity contribution is -0.137. The molecular formula is C23H17F5N2O3S. The molecule has 0 fully saturated rings. The minimum atomic E-state index is -4.76. The van der Waals surface area contributed by atoms with Gasteiger partial charge in [0.05, 0.1) is 21.7 Å². The fourth-order valence-corrected chi connectivity index (χ4v) is 5.21. The summed E-state index contributed by atoms with van der Waals surface area (Å²) in [6, 6.07) is 10.4. The number of aryl methyl sites for hydroxylation is 1. The van der Waals surface area contributed by atoms with E-state index in [1.54, 1.807) is 6.07 Å². The van der Waals surface area contributed by atoms with Crippen molar-refractivity contribution in [3.63, 3.8) is 0 Å². The SMILES string of the molecule is O=C(Nc1ccc2c(c1)N(S(=O)(=O)c1ccc(F)cc1)CCC2)c1ccc(C(F)(F)F)cc1F. The van der Waals surface area contributed by atoms with Crippen LogP contribution in [0.15, 0.2) is 65.6 Å². The average Bonchev–Trinajstić information content (AvgIpc) is 2.78. The number of fused-ring (bicyclic) bond motifs is 1. The average molecular weight is 496 g/mol. The molecule has 1 N–H and O–H groups in total. The zero-order chi connectivity index (χ0) is 24.7. The van der Waals surface area contributed by atoms with Gasteiger partial charge in [-0.2, -0.15) is 13.2 Å². The van der Waals surface area contributed by atoms with E-state index in [4.69, 9.17) is 0 Å². The van der Waals surface area contributed by atoms with Crippen molar-refractivity contribution in [2.24, 2.45) is 0 Å². The van der Waals surface area contributed by atoms with Crippen molar-refractivity contribution in [1.82, 2.24) is 0 Å². The van der Waals surface area contributed by atoms with E-state index >= 15 is 0 Å². The van der Waals surface area contributed by atoms with Gasteiger partial charge >= 0.3 is 6.18 Å². The van der Waals surface area contributed by atoms with E-state index in [1.807, 2.05) is 0 Å². The maximum atomic E-state index is 14.2. The van der Waals surface area contributed by atoms with E-state index in [2.05, 4.69) is 5.32 Å². The molecule has 34 heavy (non-hydrogen) atoms. The van der Waals surface area contributed by atoms with E-state index in [-0.39, 0.29) is 23.2 Å². The van der Waals surface area contributed by atoms with Crippen LogP contribution < -0.4 is 9.62 Å². The molecule has 0 saturated carbocycles. The van der Waals surface area contributed by atoms with Gasteiger partial charge in [-0.05, 0) is 73.0 Å². The number of carbonyl (C=O) groups is 1. The largest absolute Gasteiger partial charge is 0.416 e. The molecule has 0 atom stereocenters. The fraction of sp³-hybridized carbons (Fsp3) is 0.174. The van der Waals surface area contributed by atoms with Crippen molar-refractivity contribution in [1.29, 1.82) is 0 Å². The molecule has 0 spiro atoms. The van der Waals surface area contributed by atoms with Crippen molar-refractivity contribution < 1.29 is 35.2 Å². The van der Waals surface area contributed by atoms with Crippen molar-refractivity contribution in [2.75, 3.05) is 16.2 Å². The van der Waals surface area contributed by atoms with E-state index in [0.717, 1.165) is 34.6 Å². The van der Waals surface area contributed by atoms with Crippen LogP contribution in [-0.2, 0) is 22.6 Å². The molecule has 1 aliphatic heterocycles. The van der Waals surface area contributed by atoms with Crippen molar-refractivity contribution in [3.05, 3.63) is 89.0 Å². The molecule has 0 unspecified atom stereocenters. The number of hydrogen-bond donors (Lipinski definition) is 1. The van der Waals surface area contributed by atoms with E-state index in [9.17, 15) is 35.2 Å². The Morgan fingerprint density at radius 1 is 0.941 bits per heavy atom. The normalized spacial score (nSPS) is 14.0. The summed E-state index contributed by atoms with van der Waals surface area (Å²) in [6.07, 6.45) is -3.64. The number of hydrogen-bond acceptors (Lipinski definition) is 3. The highest BCUT2D eigenvalue weighted by molar-refractivity contribution is 7.92. The van der Waals surface area contributed by atoms with Gasteiger partial charge in [0.1, 0.15) is 11.6 Å². The van der Waals surface area contributed by atoms with Crippen molar-refractivity contribution in [2.45, 2.75) is 23.9 Å².